The number of aromatic amines is 1. The van der Waals surface area contributed by atoms with Crippen LogP contribution in [0.4, 0.5) is 0 Å². The lowest BCUT2D eigenvalue weighted by molar-refractivity contribution is -0.118. The number of fused-ring (bicyclic) bond motifs is 1. The molecule has 134 valence electrons. The summed E-state index contributed by atoms with van der Waals surface area (Å²) < 4.78 is 1.59. The fourth-order valence-electron chi connectivity index (χ4n) is 2.54. The Labute approximate surface area is 158 Å². The van der Waals surface area contributed by atoms with Gasteiger partial charge in [0.15, 0.2) is 0 Å². The number of hydrogen-bond donors (Lipinski definition) is 2. The van der Waals surface area contributed by atoms with E-state index in [9.17, 15) is 4.79 Å². The van der Waals surface area contributed by atoms with Gasteiger partial charge >= 0.3 is 0 Å². The Morgan fingerprint density at radius 1 is 1.19 bits per heavy atom. The van der Waals surface area contributed by atoms with E-state index in [0.29, 0.717) is 5.16 Å². The number of tetrazole rings is 1. The van der Waals surface area contributed by atoms with Crippen molar-refractivity contribution < 1.29 is 4.79 Å². The Balaban J connectivity index is 1.35. The summed E-state index contributed by atoms with van der Waals surface area (Å²) in [4.78, 5) is 15.2. The average molecular weight is 377 g/mol. The maximum atomic E-state index is 12.0. The molecule has 0 bridgehead atoms. The Morgan fingerprint density at radius 3 is 2.89 bits per heavy atom. The summed E-state index contributed by atoms with van der Waals surface area (Å²) in [6.07, 6.45) is 3.47. The number of H-pyrrole nitrogens is 1. The number of carbonyl (C=O) groups excluding carboxylic acids is 1. The van der Waals surface area contributed by atoms with E-state index in [0.717, 1.165) is 22.2 Å². The summed E-state index contributed by atoms with van der Waals surface area (Å²) in [6, 6.07) is 17.4. The molecule has 0 fully saturated rings. The number of para-hydroxylation sites is 2. The molecule has 1 amide bonds. The molecule has 0 radical (unpaired) electrons. The van der Waals surface area contributed by atoms with Crippen LogP contribution < -0.4 is 5.43 Å². The molecule has 0 saturated heterocycles. The van der Waals surface area contributed by atoms with Crippen LogP contribution in [-0.4, -0.2) is 43.1 Å². The number of nitrogens with zero attached hydrogens (tertiary/aromatic N) is 5. The molecule has 27 heavy (non-hydrogen) atoms. The number of thioether (sulfide) groups is 1. The summed E-state index contributed by atoms with van der Waals surface area (Å²) in [7, 11) is 0. The Morgan fingerprint density at radius 2 is 2.00 bits per heavy atom. The van der Waals surface area contributed by atoms with Crippen LogP contribution in [0, 0.1) is 0 Å². The maximum Gasteiger partial charge on any atom is 0.250 e. The summed E-state index contributed by atoms with van der Waals surface area (Å²) in [6.45, 7) is 0. The van der Waals surface area contributed by atoms with Crippen molar-refractivity contribution in [2.45, 2.75) is 5.16 Å². The normalized spacial score (nSPS) is 11.3. The molecule has 2 heterocycles. The first-order chi connectivity index (χ1) is 13.3. The highest BCUT2D eigenvalue weighted by molar-refractivity contribution is 7.99. The van der Waals surface area contributed by atoms with Crippen molar-refractivity contribution in [2.75, 3.05) is 5.75 Å². The summed E-state index contributed by atoms with van der Waals surface area (Å²) >= 11 is 1.24. The minimum Gasteiger partial charge on any atom is -0.361 e. The van der Waals surface area contributed by atoms with Crippen molar-refractivity contribution in [3.63, 3.8) is 0 Å². The smallest absolute Gasteiger partial charge is 0.250 e. The Bertz CT molecular complexity index is 1090. The van der Waals surface area contributed by atoms with Crippen molar-refractivity contribution in [2.24, 2.45) is 5.10 Å². The van der Waals surface area contributed by atoms with Crippen molar-refractivity contribution in [3.8, 4) is 5.69 Å². The molecule has 2 N–H and O–H groups in total. The lowest BCUT2D eigenvalue weighted by Crippen LogP contribution is -2.20. The fraction of sp³-hybridized carbons (Fsp3) is 0.0556. The van der Waals surface area contributed by atoms with E-state index in [4.69, 9.17) is 0 Å². The predicted molar refractivity (Wildman–Crippen MR) is 104 cm³/mol. The van der Waals surface area contributed by atoms with Gasteiger partial charge in [-0.1, -0.05) is 48.2 Å². The highest BCUT2D eigenvalue weighted by Crippen LogP contribution is 2.18. The molecule has 2 aromatic carbocycles. The molecular formula is C18H15N7OS. The first-order valence-corrected chi connectivity index (χ1v) is 9.14. The van der Waals surface area contributed by atoms with Gasteiger partial charge in [0.1, 0.15) is 0 Å². The molecule has 0 aliphatic rings. The van der Waals surface area contributed by atoms with E-state index in [1.54, 1.807) is 10.9 Å². The van der Waals surface area contributed by atoms with E-state index in [1.807, 2.05) is 60.8 Å². The monoisotopic (exact) mass is 377 g/mol. The van der Waals surface area contributed by atoms with Crippen LogP contribution >= 0.6 is 11.8 Å². The Hall–Kier alpha value is -3.46. The van der Waals surface area contributed by atoms with Crippen LogP contribution in [0.1, 0.15) is 5.56 Å². The van der Waals surface area contributed by atoms with Crippen molar-refractivity contribution in [3.05, 3.63) is 66.4 Å². The van der Waals surface area contributed by atoms with Crippen LogP contribution in [0.3, 0.4) is 0 Å². The van der Waals surface area contributed by atoms with Crippen LogP contribution in [0.2, 0.25) is 0 Å². The summed E-state index contributed by atoms with van der Waals surface area (Å²) in [5.74, 6) is -0.0861. The van der Waals surface area contributed by atoms with Crippen molar-refractivity contribution in [1.82, 2.24) is 30.6 Å². The van der Waals surface area contributed by atoms with E-state index >= 15 is 0 Å². The minimum absolute atomic E-state index is 0.151. The zero-order valence-electron chi connectivity index (χ0n) is 14.1. The van der Waals surface area contributed by atoms with Crippen LogP contribution in [0.15, 0.2) is 71.1 Å². The number of rotatable bonds is 6. The van der Waals surface area contributed by atoms with Gasteiger partial charge < -0.3 is 4.98 Å². The number of nitrogens with one attached hydrogen (secondary N) is 2. The molecule has 4 rings (SSSR count). The first kappa shape index (κ1) is 17.0. The molecule has 0 atom stereocenters. The second-order valence-corrected chi connectivity index (χ2v) is 6.52. The van der Waals surface area contributed by atoms with Crippen molar-refractivity contribution >= 4 is 34.8 Å². The molecule has 0 spiro atoms. The van der Waals surface area contributed by atoms with Crippen LogP contribution in [0.25, 0.3) is 16.6 Å². The van der Waals surface area contributed by atoms with Crippen LogP contribution in [-0.2, 0) is 4.79 Å². The number of hydrazone groups is 1. The topological polar surface area (TPSA) is 101 Å². The average Bonchev–Trinajstić information content (AvgIpc) is 3.34. The van der Waals surface area contributed by atoms with Gasteiger partial charge in [-0.3, -0.25) is 4.79 Å². The lowest BCUT2D eigenvalue weighted by Gasteiger charge is -2.03. The van der Waals surface area contributed by atoms with E-state index < -0.39 is 0 Å². The quantitative estimate of drug-likeness (QED) is 0.305. The molecule has 9 heteroatoms. The zero-order chi connectivity index (χ0) is 18.5. The number of amides is 1. The molecule has 0 saturated carbocycles. The SMILES string of the molecule is O=C(CSc1nnnn1-c1ccccc1)NN=Cc1c[nH]c2ccccc12. The van der Waals surface area contributed by atoms with Crippen LogP contribution in [0.5, 0.6) is 0 Å². The summed E-state index contributed by atoms with van der Waals surface area (Å²) in [5.41, 5.74) is 5.29. The largest absolute Gasteiger partial charge is 0.361 e. The van der Waals surface area contributed by atoms with E-state index in [1.165, 1.54) is 11.8 Å². The molecule has 2 aromatic heterocycles. The Kier molecular flexibility index (Phi) is 4.93. The van der Waals surface area contributed by atoms with Gasteiger partial charge in [-0.2, -0.15) is 9.78 Å². The molecule has 4 aromatic rings. The molecule has 0 aliphatic carbocycles. The zero-order valence-corrected chi connectivity index (χ0v) is 14.9. The molecular weight excluding hydrogens is 362 g/mol. The summed E-state index contributed by atoms with van der Waals surface area (Å²) in [5, 5.41) is 17.2. The number of hydrogen-bond acceptors (Lipinski definition) is 6. The minimum atomic E-state index is -0.237. The van der Waals surface area contributed by atoms with Gasteiger partial charge in [-0.15, -0.1) is 5.10 Å². The third kappa shape index (κ3) is 3.87. The highest BCUT2D eigenvalue weighted by Gasteiger charge is 2.11. The van der Waals surface area contributed by atoms with Crippen molar-refractivity contribution in [1.29, 1.82) is 0 Å². The van der Waals surface area contributed by atoms with Gasteiger partial charge in [-0.25, -0.2) is 5.43 Å². The predicted octanol–water partition coefficient (Wildman–Crippen LogP) is 2.39. The van der Waals surface area contributed by atoms with Gasteiger partial charge in [0.2, 0.25) is 5.16 Å². The van der Waals surface area contributed by atoms with Gasteiger partial charge in [0, 0.05) is 22.7 Å². The number of benzene rings is 2. The second kappa shape index (κ2) is 7.83. The van der Waals surface area contributed by atoms with E-state index in [2.05, 4.69) is 31.0 Å². The molecule has 0 unspecified atom stereocenters. The van der Waals surface area contributed by atoms with Gasteiger partial charge in [-0.05, 0) is 28.6 Å². The molecule has 0 aliphatic heterocycles. The standard InChI is InChI=1S/C18H15N7OS/c26-17(21-20-11-13-10-19-16-9-5-4-8-15(13)16)12-27-18-22-23-24-25(18)14-6-2-1-3-7-14/h1-11,19H,12H2,(H,21,26). The lowest BCUT2D eigenvalue weighted by atomic mass is 10.2. The fourth-order valence-corrected chi connectivity index (χ4v) is 3.22. The first-order valence-electron chi connectivity index (χ1n) is 8.16. The third-order valence-electron chi connectivity index (χ3n) is 3.79. The third-order valence-corrected chi connectivity index (χ3v) is 4.71. The van der Waals surface area contributed by atoms with E-state index in [-0.39, 0.29) is 11.7 Å². The van der Waals surface area contributed by atoms with Gasteiger partial charge in [0.25, 0.3) is 5.91 Å². The molecule has 8 nitrogen and oxygen atoms in total. The van der Waals surface area contributed by atoms with Gasteiger partial charge in [0.05, 0.1) is 17.7 Å². The second-order valence-electron chi connectivity index (χ2n) is 5.58. The number of aromatic nitrogens is 5. The number of carbonyl (C=O) groups is 1. The highest BCUT2D eigenvalue weighted by atomic mass is 32.2. The maximum absolute atomic E-state index is 12.0.